The maximum absolute atomic E-state index is 11.8. The molecule has 1 aromatic rings. The van der Waals surface area contributed by atoms with Crippen LogP contribution in [0.5, 0.6) is 0 Å². The summed E-state index contributed by atoms with van der Waals surface area (Å²) in [6.07, 6.45) is -5.51. The molecule has 1 unspecified atom stereocenters. The molecule has 0 aromatic heterocycles. The molecule has 0 saturated carbocycles. The van der Waals surface area contributed by atoms with Crippen LogP contribution in [0.1, 0.15) is 6.42 Å². The predicted molar refractivity (Wildman–Crippen MR) is 49.0 cm³/mol. The van der Waals surface area contributed by atoms with Gasteiger partial charge in [0.15, 0.2) is 0 Å². The summed E-state index contributed by atoms with van der Waals surface area (Å²) in [5.74, 6) is 0. The van der Waals surface area contributed by atoms with Crippen LogP contribution in [0.4, 0.5) is 13.2 Å². The van der Waals surface area contributed by atoms with E-state index in [1.165, 1.54) is 0 Å². The third-order valence-corrected chi connectivity index (χ3v) is 2.40. The molecule has 1 atom stereocenters. The number of hydrogen-bond donors (Lipinski definition) is 1. The number of hydrogen-bond acceptors (Lipinski definition) is 2. The summed E-state index contributed by atoms with van der Waals surface area (Å²) in [7, 11) is 0. The Bertz CT molecular complexity index is 273. The van der Waals surface area contributed by atoms with Crippen molar-refractivity contribution in [1.82, 2.24) is 0 Å². The van der Waals surface area contributed by atoms with E-state index in [0.29, 0.717) is 4.90 Å². The summed E-state index contributed by atoms with van der Waals surface area (Å²) in [5, 5.41) is 9.08. The molecular weight excluding hydrogens is 213 g/mol. The van der Waals surface area contributed by atoms with Crippen molar-refractivity contribution >= 4 is 11.8 Å². The Morgan fingerprint density at radius 1 is 1.21 bits per heavy atom. The van der Waals surface area contributed by atoms with Crippen LogP contribution in [0.3, 0.4) is 0 Å². The first kappa shape index (κ1) is 11.4. The fourth-order valence-corrected chi connectivity index (χ4v) is 1.80. The van der Waals surface area contributed by atoms with Crippen LogP contribution in [0.15, 0.2) is 35.2 Å². The average molecular weight is 222 g/mol. The van der Waals surface area contributed by atoms with E-state index in [9.17, 15) is 13.2 Å². The Labute approximate surface area is 83.9 Å². The maximum Gasteiger partial charge on any atom is 0.392 e. The number of alkyl halides is 3. The maximum atomic E-state index is 11.8. The second kappa shape index (κ2) is 4.70. The lowest BCUT2D eigenvalue weighted by atomic mass is 10.4. The van der Waals surface area contributed by atoms with Crippen LogP contribution in [-0.4, -0.2) is 16.7 Å². The second-order valence-corrected chi connectivity index (χ2v) is 3.96. The van der Waals surface area contributed by atoms with E-state index in [1.807, 2.05) is 0 Å². The number of thioether (sulfide) groups is 1. The molecule has 0 bridgehead atoms. The molecule has 0 aliphatic rings. The van der Waals surface area contributed by atoms with E-state index in [1.54, 1.807) is 30.3 Å². The van der Waals surface area contributed by atoms with Crippen molar-refractivity contribution in [2.75, 3.05) is 0 Å². The van der Waals surface area contributed by atoms with Gasteiger partial charge in [-0.2, -0.15) is 13.2 Å². The molecule has 1 rings (SSSR count). The highest BCUT2D eigenvalue weighted by Gasteiger charge is 2.31. The quantitative estimate of drug-likeness (QED) is 0.626. The van der Waals surface area contributed by atoms with Crippen LogP contribution in [0.2, 0.25) is 0 Å². The summed E-state index contributed by atoms with van der Waals surface area (Å²) in [4.78, 5) is 0.629. The molecule has 0 spiro atoms. The van der Waals surface area contributed by atoms with Crippen molar-refractivity contribution in [2.45, 2.75) is 22.9 Å². The average Bonchev–Trinajstić information content (AvgIpc) is 2.02. The van der Waals surface area contributed by atoms with E-state index >= 15 is 0 Å². The summed E-state index contributed by atoms with van der Waals surface area (Å²) < 4.78 is 35.5. The first-order chi connectivity index (χ1) is 6.47. The first-order valence-electron chi connectivity index (χ1n) is 3.94. The minimum atomic E-state index is -4.32. The Morgan fingerprint density at radius 3 is 2.29 bits per heavy atom. The molecule has 1 aromatic carbocycles. The van der Waals surface area contributed by atoms with Crippen molar-refractivity contribution in [3.05, 3.63) is 30.3 Å². The Balaban J connectivity index is 2.46. The molecule has 0 saturated heterocycles. The normalized spacial score (nSPS) is 14.0. The van der Waals surface area contributed by atoms with Crippen molar-refractivity contribution in [1.29, 1.82) is 0 Å². The zero-order valence-electron chi connectivity index (χ0n) is 7.16. The minimum absolute atomic E-state index is 0.629. The smallest absolute Gasteiger partial charge is 0.382 e. The molecule has 1 nitrogen and oxygen atoms in total. The van der Waals surface area contributed by atoms with Crippen molar-refractivity contribution in [2.24, 2.45) is 0 Å². The van der Waals surface area contributed by atoms with Crippen LogP contribution in [0.25, 0.3) is 0 Å². The highest BCUT2D eigenvalue weighted by molar-refractivity contribution is 7.99. The Kier molecular flexibility index (Phi) is 3.83. The molecular formula is C9H9F3OS. The van der Waals surface area contributed by atoms with Crippen LogP contribution < -0.4 is 0 Å². The fraction of sp³-hybridized carbons (Fsp3) is 0.333. The minimum Gasteiger partial charge on any atom is -0.382 e. The van der Waals surface area contributed by atoms with Gasteiger partial charge >= 0.3 is 6.18 Å². The zero-order chi connectivity index (χ0) is 10.6. The van der Waals surface area contributed by atoms with Gasteiger partial charge in [0.2, 0.25) is 0 Å². The van der Waals surface area contributed by atoms with Gasteiger partial charge in [-0.25, -0.2) is 0 Å². The third-order valence-electron chi connectivity index (χ3n) is 1.42. The van der Waals surface area contributed by atoms with Crippen molar-refractivity contribution in [3.63, 3.8) is 0 Å². The highest BCUT2D eigenvalue weighted by atomic mass is 32.2. The van der Waals surface area contributed by atoms with Gasteiger partial charge in [0.1, 0.15) is 5.44 Å². The van der Waals surface area contributed by atoms with E-state index in [0.717, 1.165) is 11.8 Å². The number of halogens is 3. The highest BCUT2D eigenvalue weighted by Crippen LogP contribution is 2.30. The lowest BCUT2D eigenvalue weighted by Gasteiger charge is -2.12. The molecule has 78 valence electrons. The summed E-state index contributed by atoms with van der Waals surface area (Å²) in [6, 6.07) is 8.50. The number of benzene rings is 1. The molecule has 1 N–H and O–H groups in total. The molecule has 0 amide bonds. The molecule has 0 aliphatic heterocycles. The van der Waals surface area contributed by atoms with Crippen LogP contribution in [0, 0.1) is 0 Å². The van der Waals surface area contributed by atoms with Gasteiger partial charge < -0.3 is 5.11 Å². The SMILES string of the molecule is OC(CC(F)(F)F)Sc1ccccc1. The van der Waals surface area contributed by atoms with Crippen LogP contribution >= 0.6 is 11.8 Å². The summed E-state index contributed by atoms with van der Waals surface area (Å²) >= 11 is 0.806. The Morgan fingerprint density at radius 2 is 1.79 bits per heavy atom. The molecule has 0 radical (unpaired) electrons. The van der Waals surface area contributed by atoms with Gasteiger partial charge in [0.05, 0.1) is 6.42 Å². The van der Waals surface area contributed by atoms with E-state index in [4.69, 9.17) is 5.11 Å². The third kappa shape index (κ3) is 4.53. The largest absolute Gasteiger partial charge is 0.392 e. The summed E-state index contributed by atoms with van der Waals surface area (Å²) in [6.45, 7) is 0. The summed E-state index contributed by atoms with van der Waals surface area (Å²) in [5.41, 5.74) is -1.43. The van der Waals surface area contributed by atoms with Crippen LogP contribution in [-0.2, 0) is 0 Å². The monoisotopic (exact) mass is 222 g/mol. The van der Waals surface area contributed by atoms with Gasteiger partial charge in [-0.15, -0.1) is 0 Å². The van der Waals surface area contributed by atoms with Gasteiger partial charge in [0, 0.05) is 4.90 Å². The molecule has 5 heteroatoms. The first-order valence-corrected chi connectivity index (χ1v) is 4.82. The lowest BCUT2D eigenvalue weighted by Crippen LogP contribution is -2.16. The molecule has 14 heavy (non-hydrogen) atoms. The van der Waals surface area contributed by atoms with Gasteiger partial charge in [0.25, 0.3) is 0 Å². The van der Waals surface area contributed by atoms with Gasteiger partial charge in [-0.05, 0) is 12.1 Å². The number of aliphatic hydroxyl groups is 1. The topological polar surface area (TPSA) is 20.2 Å². The Hall–Kier alpha value is -0.680. The van der Waals surface area contributed by atoms with Gasteiger partial charge in [-0.1, -0.05) is 30.0 Å². The van der Waals surface area contributed by atoms with E-state index < -0.39 is 18.0 Å². The standard InChI is InChI=1S/C9H9F3OS/c10-9(11,12)6-8(13)14-7-4-2-1-3-5-7/h1-5,8,13H,6H2. The number of aliphatic hydroxyl groups excluding tert-OH is 1. The van der Waals surface area contributed by atoms with E-state index in [2.05, 4.69) is 0 Å². The lowest BCUT2D eigenvalue weighted by molar-refractivity contribution is -0.144. The van der Waals surface area contributed by atoms with Gasteiger partial charge in [-0.3, -0.25) is 0 Å². The zero-order valence-corrected chi connectivity index (χ0v) is 7.98. The molecule has 0 fully saturated rings. The van der Waals surface area contributed by atoms with Crippen molar-refractivity contribution < 1.29 is 18.3 Å². The van der Waals surface area contributed by atoms with E-state index in [-0.39, 0.29) is 0 Å². The second-order valence-electron chi connectivity index (χ2n) is 2.70. The molecule has 0 aliphatic carbocycles. The van der Waals surface area contributed by atoms with Crippen molar-refractivity contribution in [3.8, 4) is 0 Å². The fourth-order valence-electron chi connectivity index (χ4n) is 0.896. The molecule has 0 heterocycles. The number of rotatable bonds is 3. The predicted octanol–water partition coefficient (Wildman–Crippen LogP) is 3.05.